The van der Waals surface area contributed by atoms with E-state index in [1.54, 1.807) is 0 Å². The Morgan fingerprint density at radius 3 is 2.09 bits per heavy atom. The summed E-state index contributed by atoms with van der Waals surface area (Å²) in [5, 5.41) is 26.7. The van der Waals surface area contributed by atoms with Crippen molar-refractivity contribution in [1.82, 2.24) is 0 Å². The van der Waals surface area contributed by atoms with Crippen molar-refractivity contribution in [3.63, 3.8) is 0 Å². The Bertz CT molecular complexity index is 1060. The van der Waals surface area contributed by atoms with Crippen LogP contribution in [0, 0.1) is 13.8 Å². The SMILES string of the molecule is Cc1c(O)c(O)c2ccc3c4ccccc4ccc3c2c1C. The van der Waals surface area contributed by atoms with Gasteiger partial charge in [0.05, 0.1) is 0 Å². The van der Waals surface area contributed by atoms with Crippen LogP contribution in [0.4, 0.5) is 0 Å². The van der Waals surface area contributed by atoms with Crippen molar-refractivity contribution < 1.29 is 10.2 Å². The molecule has 0 saturated heterocycles. The molecule has 2 N–H and O–H groups in total. The maximum absolute atomic E-state index is 10.3. The van der Waals surface area contributed by atoms with E-state index in [0.717, 1.165) is 27.3 Å². The number of benzene rings is 4. The van der Waals surface area contributed by atoms with E-state index in [2.05, 4.69) is 24.3 Å². The van der Waals surface area contributed by atoms with Crippen LogP contribution in [-0.4, -0.2) is 10.2 Å². The first-order chi connectivity index (χ1) is 10.6. The van der Waals surface area contributed by atoms with Crippen molar-refractivity contribution in [1.29, 1.82) is 0 Å². The Balaban J connectivity index is 2.32. The number of hydrogen-bond acceptors (Lipinski definition) is 2. The molecule has 0 saturated carbocycles. The Hall–Kier alpha value is -2.74. The molecule has 0 bridgehead atoms. The van der Waals surface area contributed by atoms with Crippen LogP contribution in [0.25, 0.3) is 32.3 Å². The third-order valence-corrected chi connectivity index (χ3v) is 4.70. The van der Waals surface area contributed by atoms with Crippen LogP contribution in [0.15, 0.2) is 48.5 Å². The van der Waals surface area contributed by atoms with Crippen LogP contribution >= 0.6 is 0 Å². The van der Waals surface area contributed by atoms with Crippen LogP contribution in [0.2, 0.25) is 0 Å². The molecule has 0 amide bonds. The van der Waals surface area contributed by atoms with E-state index in [0.29, 0.717) is 5.39 Å². The zero-order valence-corrected chi connectivity index (χ0v) is 12.5. The summed E-state index contributed by atoms with van der Waals surface area (Å²) in [6.07, 6.45) is 0. The molecule has 0 aliphatic rings. The number of phenolic OH excluding ortho intramolecular Hbond substituents is 2. The maximum atomic E-state index is 10.3. The second-order valence-electron chi connectivity index (χ2n) is 5.82. The molecule has 4 rings (SSSR count). The standard InChI is InChI=1S/C20H16O2/c1-11-12(2)19(21)20(22)17-10-9-15-14-6-4-3-5-13(14)7-8-16(15)18(11)17/h3-10,21-22H,1-2H3. The summed E-state index contributed by atoms with van der Waals surface area (Å²) in [4.78, 5) is 0. The minimum Gasteiger partial charge on any atom is -0.504 e. The molecule has 0 aromatic heterocycles. The molecule has 0 radical (unpaired) electrons. The minimum atomic E-state index is -0.0341. The second-order valence-corrected chi connectivity index (χ2v) is 5.82. The van der Waals surface area contributed by atoms with Gasteiger partial charge in [-0.1, -0.05) is 42.5 Å². The lowest BCUT2D eigenvalue weighted by molar-refractivity contribution is 0.405. The van der Waals surface area contributed by atoms with Gasteiger partial charge in [-0.3, -0.25) is 0 Å². The van der Waals surface area contributed by atoms with Crippen molar-refractivity contribution >= 4 is 32.3 Å². The smallest absolute Gasteiger partial charge is 0.165 e. The maximum Gasteiger partial charge on any atom is 0.165 e. The first kappa shape index (κ1) is 13.0. The van der Waals surface area contributed by atoms with Crippen molar-refractivity contribution in [3.05, 3.63) is 59.7 Å². The monoisotopic (exact) mass is 288 g/mol. The molecular formula is C20H16O2. The lowest BCUT2D eigenvalue weighted by Gasteiger charge is -2.14. The summed E-state index contributed by atoms with van der Waals surface area (Å²) in [6.45, 7) is 3.83. The van der Waals surface area contributed by atoms with E-state index in [1.807, 2.05) is 38.1 Å². The van der Waals surface area contributed by atoms with E-state index in [4.69, 9.17) is 0 Å². The molecule has 0 fully saturated rings. The minimum absolute atomic E-state index is 0.0230. The van der Waals surface area contributed by atoms with Gasteiger partial charge in [-0.05, 0) is 58.0 Å². The number of phenols is 2. The highest BCUT2D eigenvalue weighted by Crippen LogP contribution is 2.43. The highest BCUT2D eigenvalue weighted by atomic mass is 16.3. The third kappa shape index (κ3) is 1.55. The van der Waals surface area contributed by atoms with Crippen LogP contribution in [0.5, 0.6) is 11.5 Å². The number of fused-ring (bicyclic) bond motifs is 5. The van der Waals surface area contributed by atoms with E-state index >= 15 is 0 Å². The van der Waals surface area contributed by atoms with Gasteiger partial charge >= 0.3 is 0 Å². The zero-order valence-electron chi connectivity index (χ0n) is 12.5. The number of aromatic hydroxyl groups is 2. The summed E-state index contributed by atoms with van der Waals surface area (Å²) >= 11 is 0. The molecule has 0 spiro atoms. The first-order valence-corrected chi connectivity index (χ1v) is 7.35. The molecule has 4 aromatic rings. The van der Waals surface area contributed by atoms with Gasteiger partial charge in [0.2, 0.25) is 0 Å². The molecular weight excluding hydrogens is 272 g/mol. The molecule has 0 unspecified atom stereocenters. The van der Waals surface area contributed by atoms with E-state index in [1.165, 1.54) is 10.8 Å². The van der Waals surface area contributed by atoms with Crippen molar-refractivity contribution in [3.8, 4) is 11.5 Å². The summed E-state index contributed by atoms with van der Waals surface area (Å²) in [5.74, 6) is -0.0571. The van der Waals surface area contributed by atoms with E-state index in [-0.39, 0.29) is 11.5 Å². The molecule has 0 aliphatic heterocycles. The van der Waals surface area contributed by atoms with Crippen LogP contribution in [0.1, 0.15) is 11.1 Å². The van der Waals surface area contributed by atoms with Crippen LogP contribution in [-0.2, 0) is 0 Å². The van der Waals surface area contributed by atoms with Crippen LogP contribution < -0.4 is 0 Å². The largest absolute Gasteiger partial charge is 0.504 e. The molecule has 108 valence electrons. The quantitative estimate of drug-likeness (QED) is 0.346. The molecule has 2 nitrogen and oxygen atoms in total. The van der Waals surface area contributed by atoms with Crippen molar-refractivity contribution in [2.45, 2.75) is 13.8 Å². The van der Waals surface area contributed by atoms with Crippen molar-refractivity contribution in [2.75, 3.05) is 0 Å². The topological polar surface area (TPSA) is 40.5 Å². The van der Waals surface area contributed by atoms with Crippen LogP contribution in [0.3, 0.4) is 0 Å². The van der Waals surface area contributed by atoms with Gasteiger partial charge in [-0.15, -0.1) is 0 Å². The fraction of sp³-hybridized carbons (Fsp3) is 0.100. The Kier molecular flexibility index (Phi) is 2.58. The lowest BCUT2D eigenvalue weighted by Crippen LogP contribution is -1.89. The summed E-state index contributed by atoms with van der Waals surface area (Å²) in [5.41, 5.74) is 1.73. The number of hydrogen-bond donors (Lipinski definition) is 2. The van der Waals surface area contributed by atoms with Gasteiger partial charge < -0.3 is 10.2 Å². The summed E-state index contributed by atoms with van der Waals surface area (Å²) < 4.78 is 0. The fourth-order valence-corrected chi connectivity index (χ4v) is 3.36. The van der Waals surface area contributed by atoms with E-state index in [9.17, 15) is 10.2 Å². The van der Waals surface area contributed by atoms with Gasteiger partial charge in [0, 0.05) is 5.39 Å². The van der Waals surface area contributed by atoms with Gasteiger partial charge in [-0.25, -0.2) is 0 Å². The third-order valence-electron chi connectivity index (χ3n) is 4.70. The molecule has 22 heavy (non-hydrogen) atoms. The highest BCUT2D eigenvalue weighted by Gasteiger charge is 2.15. The second kappa shape index (κ2) is 4.38. The molecule has 0 aliphatic carbocycles. The normalized spacial score (nSPS) is 11.5. The predicted molar refractivity (Wildman–Crippen MR) is 91.8 cm³/mol. The van der Waals surface area contributed by atoms with Gasteiger partial charge in [0.25, 0.3) is 0 Å². The first-order valence-electron chi connectivity index (χ1n) is 7.35. The van der Waals surface area contributed by atoms with Gasteiger partial charge in [-0.2, -0.15) is 0 Å². The van der Waals surface area contributed by atoms with Gasteiger partial charge in [0.1, 0.15) is 0 Å². The molecule has 2 heteroatoms. The average molecular weight is 288 g/mol. The predicted octanol–water partition coefficient (Wildman–Crippen LogP) is 5.17. The molecule has 0 atom stereocenters. The zero-order chi connectivity index (χ0) is 15.4. The van der Waals surface area contributed by atoms with Crippen molar-refractivity contribution in [2.24, 2.45) is 0 Å². The summed E-state index contributed by atoms with van der Waals surface area (Å²) in [7, 11) is 0. The fourth-order valence-electron chi connectivity index (χ4n) is 3.36. The van der Waals surface area contributed by atoms with E-state index < -0.39 is 0 Å². The summed E-state index contributed by atoms with van der Waals surface area (Å²) in [6, 6.07) is 16.4. The average Bonchev–Trinajstić information content (AvgIpc) is 2.56. The Morgan fingerprint density at radius 1 is 0.591 bits per heavy atom. The Morgan fingerprint density at radius 2 is 1.27 bits per heavy atom. The Labute approximate surface area is 128 Å². The number of aryl methyl sites for hydroxylation is 1. The highest BCUT2D eigenvalue weighted by molar-refractivity contribution is 6.19. The molecule has 4 aromatic carbocycles. The molecule has 0 heterocycles. The lowest BCUT2D eigenvalue weighted by atomic mass is 9.92. The number of rotatable bonds is 0. The van der Waals surface area contributed by atoms with Gasteiger partial charge in [0.15, 0.2) is 11.5 Å².